The summed E-state index contributed by atoms with van der Waals surface area (Å²) in [5.41, 5.74) is 2.91. The third kappa shape index (κ3) is 3.71. The molecule has 0 bridgehead atoms. The zero-order valence-electron chi connectivity index (χ0n) is 18.1. The minimum atomic E-state index is -1.22. The number of aromatic nitrogens is 6. The van der Waals surface area contributed by atoms with Gasteiger partial charge in [0.05, 0.1) is 30.3 Å². The van der Waals surface area contributed by atoms with Crippen molar-refractivity contribution in [2.75, 3.05) is 30.4 Å². The van der Waals surface area contributed by atoms with Gasteiger partial charge in [0.2, 0.25) is 11.9 Å². The number of carbonyl (C=O) groups excluding carboxylic acids is 1. The van der Waals surface area contributed by atoms with Crippen molar-refractivity contribution in [3.63, 3.8) is 0 Å². The second-order valence-electron chi connectivity index (χ2n) is 7.64. The fraction of sp³-hybridized carbons (Fsp3) is 0.450. The number of halogens is 1. The lowest BCUT2D eigenvalue weighted by atomic mass is 10.2. The topological polar surface area (TPSA) is 97.0 Å². The Morgan fingerprint density at radius 2 is 2.19 bits per heavy atom. The summed E-state index contributed by atoms with van der Waals surface area (Å²) in [5, 5.41) is 7.65. The highest BCUT2D eigenvalue weighted by molar-refractivity contribution is 5.88. The van der Waals surface area contributed by atoms with Gasteiger partial charge in [-0.2, -0.15) is 15.1 Å². The average Bonchev–Trinajstić information content (AvgIpc) is 3.43. The van der Waals surface area contributed by atoms with Gasteiger partial charge in [-0.3, -0.25) is 9.48 Å². The summed E-state index contributed by atoms with van der Waals surface area (Å²) in [5.74, 6) is 0.596. The number of alkyl halides is 1. The molecule has 4 heterocycles. The summed E-state index contributed by atoms with van der Waals surface area (Å²) >= 11 is 0. The maximum absolute atomic E-state index is 14.8. The van der Waals surface area contributed by atoms with Gasteiger partial charge < -0.3 is 19.7 Å². The van der Waals surface area contributed by atoms with Crippen molar-refractivity contribution in [2.24, 2.45) is 7.05 Å². The molecular weight excluding hydrogens is 401 g/mol. The molecule has 31 heavy (non-hydrogen) atoms. The van der Waals surface area contributed by atoms with Crippen molar-refractivity contribution in [2.45, 2.75) is 32.6 Å². The molecule has 0 aromatic carbocycles. The molecule has 0 radical (unpaired) electrons. The molecule has 4 rings (SSSR count). The molecule has 3 aromatic rings. The van der Waals surface area contributed by atoms with Crippen LogP contribution in [0.4, 0.5) is 21.8 Å². The van der Waals surface area contributed by atoms with E-state index in [1.807, 2.05) is 31.7 Å². The number of likely N-dealkylation sites (N-methyl/N-ethyl adjacent to an activating group) is 1. The number of nitrogens with one attached hydrogen (secondary N) is 1. The van der Waals surface area contributed by atoms with E-state index in [0.717, 1.165) is 11.4 Å². The Labute approximate surface area is 179 Å². The fourth-order valence-electron chi connectivity index (χ4n) is 3.83. The Bertz CT molecular complexity index is 1140. The van der Waals surface area contributed by atoms with Crippen LogP contribution in [0.25, 0.3) is 11.2 Å². The first-order chi connectivity index (χ1) is 14.8. The second-order valence-corrected chi connectivity index (χ2v) is 7.64. The lowest BCUT2D eigenvalue weighted by molar-refractivity contribution is -0.127. The van der Waals surface area contributed by atoms with Gasteiger partial charge in [0.15, 0.2) is 17.0 Å². The predicted octanol–water partition coefficient (Wildman–Crippen LogP) is 1.80. The molecule has 1 aliphatic rings. The van der Waals surface area contributed by atoms with E-state index in [4.69, 9.17) is 0 Å². The molecule has 164 valence electrons. The number of amides is 1. The molecule has 1 saturated heterocycles. The van der Waals surface area contributed by atoms with E-state index in [9.17, 15) is 9.18 Å². The molecule has 1 aliphatic heterocycles. The smallest absolute Gasteiger partial charge is 0.246 e. The van der Waals surface area contributed by atoms with E-state index in [1.165, 1.54) is 11.0 Å². The number of nitrogens with zero attached hydrogens (tertiary/aromatic N) is 8. The fourth-order valence-corrected chi connectivity index (χ4v) is 3.83. The molecule has 1 N–H and O–H groups in total. The maximum Gasteiger partial charge on any atom is 0.246 e. The quantitative estimate of drug-likeness (QED) is 0.599. The van der Waals surface area contributed by atoms with Crippen LogP contribution in [0.1, 0.15) is 12.6 Å². The van der Waals surface area contributed by atoms with Crippen molar-refractivity contribution in [3.8, 4) is 0 Å². The van der Waals surface area contributed by atoms with Crippen LogP contribution >= 0.6 is 0 Å². The molecule has 0 saturated carbocycles. The van der Waals surface area contributed by atoms with Gasteiger partial charge in [0, 0.05) is 33.4 Å². The SMILES string of the molecule is C=CC(=O)N(C)C1CN(c2nc(Nc3cn(C)nc3C)c3ncn(CC)c3n2)CC1F. The van der Waals surface area contributed by atoms with Gasteiger partial charge in [-0.1, -0.05) is 6.58 Å². The first-order valence-electron chi connectivity index (χ1n) is 10.1. The van der Waals surface area contributed by atoms with Crippen LogP contribution in [0, 0.1) is 6.92 Å². The van der Waals surface area contributed by atoms with E-state index in [-0.39, 0.29) is 19.0 Å². The van der Waals surface area contributed by atoms with E-state index in [1.54, 1.807) is 23.0 Å². The van der Waals surface area contributed by atoms with Gasteiger partial charge >= 0.3 is 0 Å². The monoisotopic (exact) mass is 427 g/mol. The molecule has 2 unspecified atom stereocenters. The van der Waals surface area contributed by atoms with Crippen LogP contribution < -0.4 is 10.2 Å². The Kier molecular flexibility index (Phi) is 5.34. The van der Waals surface area contributed by atoms with Gasteiger partial charge in [-0.25, -0.2) is 9.37 Å². The Hall–Kier alpha value is -3.50. The number of fused-ring (bicyclic) bond motifs is 1. The number of hydrogen-bond donors (Lipinski definition) is 1. The Morgan fingerprint density at radius 1 is 1.42 bits per heavy atom. The third-order valence-electron chi connectivity index (χ3n) is 5.58. The predicted molar refractivity (Wildman–Crippen MR) is 116 cm³/mol. The maximum atomic E-state index is 14.8. The molecule has 3 aromatic heterocycles. The molecule has 10 nitrogen and oxygen atoms in total. The van der Waals surface area contributed by atoms with Crippen molar-refractivity contribution in [1.29, 1.82) is 0 Å². The normalized spacial score (nSPS) is 18.5. The molecule has 1 amide bonds. The first kappa shape index (κ1) is 20.8. The van der Waals surface area contributed by atoms with E-state index in [2.05, 4.69) is 31.9 Å². The summed E-state index contributed by atoms with van der Waals surface area (Å²) in [7, 11) is 3.43. The van der Waals surface area contributed by atoms with Gasteiger partial charge in [-0.05, 0) is 19.9 Å². The van der Waals surface area contributed by atoms with Crippen molar-refractivity contribution in [1.82, 2.24) is 34.2 Å². The molecular formula is C20H26FN9O. The van der Waals surface area contributed by atoms with Gasteiger partial charge in [0.1, 0.15) is 6.17 Å². The van der Waals surface area contributed by atoms with Crippen molar-refractivity contribution < 1.29 is 9.18 Å². The second kappa shape index (κ2) is 7.97. The number of carbonyl (C=O) groups is 1. The molecule has 0 spiro atoms. The highest BCUT2D eigenvalue weighted by Gasteiger charge is 2.38. The van der Waals surface area contributed by atoms with Crippen LogP contribution in [-0.4, -0.2) is 72.5 Å². The van der Waals surface area contributed by atoms with Gasteiger partial charge in [-0.15, -0.1) is 0 Å². The van der Waals surface area contributed by atoms with E-state index >= 15 is 0 Å². The van der Waals surface area contributed by atoms with E-state index in [0.29, 0.717) is 29.5 Å². The number of imidazole rings is 1. The Morgan fingerprint density at radius 3 is 2.84 bits per heavy atom. The average molecular weight is 427 g/mol. The number of anilines is 3. The summed E-state index contributed by atoms with van der Waals surface area (Å²) < 4.78 is 18.4. The van der Waals surface area contributed by atoms with Crippen LogP contribution in [0.15, 0.2) is 25.2 Å². The molecule has 1 fully saturated rings. The van der Waals surface area contributed by atoms with Gasteiger partial charge in [0.25, 0.3) is 0 Å². The first-order valence-corrected chi connectivity index (χ1v) is 10.1. The van der Waals surface area contributed by atoms with Crippen molar-refractivity contribution in [3.05, 3.63) is 30.9 Å². The summed E-state index contributed by atoms with van der Waals surface area (Å²) in [6.45, 7) is 8.45. The lowest BCUT2D eigenvalue weighted by Gasteiger charge is -2.24. The zero-order valence-corrected chi connectivity index (χ0v) is 18.1. The molecule has 0 aliphatic carbocycles. The highest BCUT2D eigenvalue weighted by atomic mass is 19.1. The molecule has 2 atom stereocenters. The summed E-state index contributed by atoms with van der Waals surface area (Å²) in [6, 6.07) is -0.599. The van der Waals surface area contributed by atoms with Crippen molar-refractivity contribution >= 4 is 34.5 Å². The highest BCUT2D eigenvalue weighted by Crippen LogP contribution is 2.29. The minimum absolute atomic E-state index is 0.0938. The van der Waals surface area contributed by atoms with Crippen LogP contribution in [-0.2, 0) is 18.4 Å². The number of rotatable bonds is 6. The van der Waals surface area contributed by atoms with Crippen LogP contribution in [0.2, 0.25) is 0 Å². The Balaban J connectivity index is 1.72. The van der Waals surface area contributed by atoms with E-state index < -0.39 is 12.2 Å². The standard InChI is InChI=1S/C20H26FN9O/c1-6-16(31)28(5)15-10-30(8-13(15)21)20-24-18(23-14-9-27(4)26-12(14)3)17-19(25-20)29(7-2)11-22-17/h6,9,11,13,15H,1,7-8,10H2,2-5H3,(H,23,24,25). The number of hydrogen-bond acceptors (Lipinski definition) is 7. The zero-order chi connectivity index (χ0) is 22.3. The minimum Gasteiger partial charge on any atom is -0.336 e. The molecule has 11 heteroatoms. The van der Waals surface area contributed by atoms with Crippen LogP contribution in [0.3, 0.4) is 0 Å². The number of aryl methyl sites for hydroxylation is 3. The summed E-state index contributed by atoms with van der Waals surface area (Å²) in [4.78, 5) is 28.9. The largest absolute Gasteiger partial charge is 0.336 e. The van der Waals surface area contributed by atoms with Crippen LogP contribution in [0.5, 0.6) is 0 Å². The third-order valence-corrected chi connectivity index (χ3v) is 5.58. The lowest BCUT2D eigenvalue weighted by Crippen LogP contribution is -2.42. The summed E-state index contributed by atoms with van der Waals surface area (Å²) in [6.07, 6.45) is 3.54.